The van der Waals surface area contributed by atoms with Gasteiger partial charge in [-0.15, -0.1) is 0 Å². The van der Waals surface area contributed by atoms with Crippen LogP contribution in [-0.4, -0.2) is 22.0 Å². The highest BCUT2D eigenvalue weighted by Crippen LogP contribution is 2.34. The molecule has 23 heavy (non-hydrogen) atoms. The number of rotatable bonds is 4. The standard InChI is InChI=1S/C19H19N3O/c1-13(23)20-10-9-16-11-22(12-21-16)18-8-7-15-6-5-14-3-2-4-17(18)19(14)15/h2-4,7-8,11-12H,5-6,9-10H2,1H3,(H,20,23). The van der Waals surface area contributed by atoms with Crippen LogP contribution in [0.25, 0.3) is 16.5 Å². The van der Waals surface area contributed by atoms with Crippen LogP contribution in [0, 0.1) is 0 Å². The highest BCUT2D eigenvalue weighted by atomic mass is 16.1. The second kappa shape index (κ2) is 5.54. The van der Waals surface area contributed by atoms with Crippen molar-refractivity contribution in [1.82, 2.24) is 14.9 Å². The lowest BCUT2D eigenvalue weighted by atomic mass is 10.0. The summed E-state index contributed by atoms with van der Waals surface area (Å²) < 4.78 is 2.09. The number of benzene rings is 2. The Morgan fingerprint density at radius 1 is 1.22 bits per heavy atom. The number of aryl methyl sites for hydroxylation is 2. The van der Waals surface area contributed by atoms with Crippen molar-refractivity contribution in [3.05, 3.63) is 59.7 Å². The summed E-state index contributed by atoms with van der Waals surface area (Å²) in [5.74, 6) is -0.00284. The quantitative estimate of drug-likeness (QED) is 0.805. The molecule has 0 bridgehead atoms. The summed E-state index contributed by atoms with van der Waals surface area (Å²) in [6.45, 7) is 2.15. The lowest BCUT2D eigenvalue weighted by Gasteiger charge is -2.09. The maximum absolute atomic E-state index is 10.9. The molecule has 1 aromatic heterocycles. The van der Waals surface area contributed by atoms with Crippen LogP contribution in [0.5, 0.6) is 0 Å². The molecule has 0 saturated heterocycles. The highest BCUT2D eigenvalue weighted by molar-refractivity contribution is 5.96. The van der Waals surface area contributed by atoms with Crippen LogP contribution in [0.1, 0.15) is 23.7 Å². The molecule has 4 nitrogen and oxygen atoms in total. The first-order valence-electron chi connectivity index (χ1n) is 8.03. The predicted octanol–water partition coefficient (Wildman–Crippen LogP) is 2.80. The molecule has 0 spiro atoms. The van der Waals surface area contributed by atoms with Gasteiger partial charge in [0, 0.05) is 31.5 Å². The maximum atomic E-state index is 10.9. The Morgan fingerprint density at radius 2 is 2.04 bits per heavy atom. The Hall–Kier alpha value is -2.62. The predicted molar refractivity (Wildman–Crippen MR) is 90.9 cm³/mol. The van der Waals surface area contributed by atoms with E-state index in [1.165, 1.54) is 34.5 Å². The number of imidazole rings is 1. The van der Waals surface area contributed by atoms with Gasteiger partial charge in [0.15, 0.2) is 0 Å². The van der Waals surface area contributed by atoms with Crippen molar-refractivity contribution in [3.8, 4) is 5.69 Å². The van der Waals surface area contributed by atoms with Crippen LogP contribution < -0.4 is 5.32 Å². The highest BCUT2D eigenvalue weighted by Gasteiger charge is 2.16. The van der Waals surface area contributed by atoms with Crippen LogP contribution in [0.3, 0.4) is 0 Å². The number of aromatic nitrogens is 2. The van der Waals surface area contributed by atoms with Crippen LogP contribution in [-0.2, 0) is 24.1 Å². The van der Waals surface area contributed by atoms with Gasteiger partial charge in [0.25, 0.3) is 0 Å². The van der Waals surface area contributed by atoms with Gasteiger partial charge in [-0.3, -0.25) is 4.79 Å². The third-order valence-corrected chi connectivity index (χ3v) is 4.52. The van der Waals surface area contributed by atoms with E-state index in [0.717, 1.165) is 25.0 Å². The summed E-state index contributed by atoms with van der Waals surface area (Å²) in [4.78, 5) is 15.4. The van der Waals surface area contributed by atoms with Crippen molar-refractivity contribution in [2.24, 2.45) is 0 Å². The Bertz CT molecular complexity index is 885. The Morgan fingerprint density at radius 3 is 2.87 bits per heavy atom. The van der Waals surface area contributed by atoms with E-state index < -0.39 is 0 Å². The summed E-state index contributed by atoms with van der Waals surface area (Å²) in [6.07, 6.45) is 6.95. The van der Waals surface area contributed by atoms with Crippen molar-refractivity contribution in [3.63, 3.8) is 0 Å². The molecule has 0 unspecified atom stereocenters. The zero-order valence-electron chi connectivity index (χ0n) is 13.2. The normalized spacial score (nSPS) is 12.7. The topological polar surface area (TPSA) is 46.9 Å². The smallest absolute Gasteiger partial charge is 0.216 e. The van der Waals surface area contributed by atoms with Crippen LogP contribution in [0.15, 0.2) is 42.9 Å². The number of carbonyl (C=O) groups excluding carboxylic acids is 1. The van der Waals surface area contributed by atoms with Gasteiger partial charge in [0.05, 0.1) is 17.7 Å². The molecule has 2 aromatic carbocycles. The van der Waals surface area contributed by atoms with Gasteiger partial charge in [-0.1, -0.05) is 24.3 Å². The van der Waals surface area contributed by atoms with Crippen molar-refractivity contribution in [2.45, 2.75) is 26.2 Å². The molecule has 4 rings (SSSR count). The number of hydrogen-bond donors (Lipinski definition) is 1. The molecular weight excluding hydrogens is 286 g/mol. The molecular formula is C19H19N3O. The van der Waals surface area contributed by atoms with Crippen molar-refractivity contribution >= 4 is 16.7 Å². The second-order valence-electron chi connectivity index (χ2n) is 6.09. The summed E-state index contributed by atoms with van der Waals surface area (Å²) in [5, 5.41) is 5.52. The van der Waals surface area contributed by atoms with Gasteiger partial charge >= 0.3 is 0 Å². The molecule has 1 aliphatic carbocycles. The van der Waals surface area contributed by atoms with Crippen LogP contribution in [0.4, 0.5) is 0 Å². The minimum Gasteiger partial charge on any atom is -0.356 e. The summed E-state index contributed by atoms with van der Waals surface area (Å²) in [6, 6.07) is 11.0. The van der Waals surface area contributed by atoms with E-state index in [0.29, 0.717) is 6.54 Å². The minimum absolute atomic E-state index is 0.00284. The van der Waals surface area contributed by atoms with Gasteiger partial charge in [-0.05, 0) is 35.4 Å². The van der Waals surface area contributed by atoms with E-state index in [1.54, 1.807) is 0 Å². The Balaban J connectivity index is 1.68. The number of carbonyl (C=O) groups is 1. The molecule has 3 aromatic rings. The first kappa shape index (κ1) is 14.0. The van der Waals surface area contributed by atoms with Crippen LogP contribution in [0.2, 0.25) is 0 Å². The maximum Gasteiger partial charge on any atom is 0.216 e. The first-order valence-corrected chi connectivity index (χ1v) is 8.03. The van der Waals surface area contributed by atoms with Gasteiger partial charge in [0.2, 0.25) is 5.91 Å². The van der Waals surface area contributed by atoms with Gasteiger partial charge < -0.3 is 9.88 Å². The number of amides is 1. The fourth-order valence-electron chi connectivity index (χ4n) is 3.45. The van der Waals surface area contributed by atoms with E-state index in [4.69, 9.17) is 0 Å². The molecule has 1 heterocycles. The van der Waals surface area contributed by atoms with Gasteiger partial charge in [-0.25, -0.2) is 4.98 Å². The van der Waals surface area contributed by atoms with E-state index in [1.807, 2.05) is 6.33 Å². The molecule has 116 valence electrons. The third-order valence-electron chi connectivity index (χ3n) is 4.52. The van der Waals surface area contributed by atoms with E-state index in [2.05, 4.69) is 51.4 Å². The molecule has 0 fully saturated rings. The molecule has 1 amide bonds. The lowest BCUT2D eigenvalue weighted by molar-refractivity contribution is -0.118. The summed E-state index contributed by atoms with van der Waals surface area (Å²) in [7, 11) is 0. The Kier molecular flexibility index (Phi) is 3.37. The lowest BCUT2D eigenvalue weighted by Crippen LogP contribution is -2.22. The molecule has 4 heteroatoms. The van der Waals surface area contributed by atoms with Crippen molar-refractivity contribution in [2.75, 3.05) is 6.54 Å². The zero-order chi connectivity index (χ0) is 15.8. The molecule has 0 radical (unpaired) electrons. The third kappa shape index (κ3) is 2.50. The number of nitrogens with zero attached hydrogens (tertiary/aromatic N) is 2. The molecule has 1 N–H and O–H groups in total. The fourth-order valence-corrected chi connectivity index (χ4v) is 3.45. The fraction of sp³-hybridized carbons (Fsp3) is 0.263. The van der Waals surface area contributed by atoms with Crippen molar-refractivity contribution < 1.29 is 4.79 Å². The monoisotopic (exact) mass is 305 g/mol. The van der Waals surface area contributed by atoms with E-state index in [9.17, 15) is 4.79 Å². The Labute approximate surface area is 135 Å². The summed E-state index contributed by atoms with van der Waals surface area (Å²) in [5.41, 5.74) is 5.06. The summed E-state index contributed by atoms with van der Waals surface area (Å²) >= 11 is 0. The second-order valence-corrected chi connectivity index (χ2v) is 6.09. The minimum atomic E-state index is -0.00284. The van der Waals surface area contributed by atoms with Crippen LogP contribution >= 0.6 is 0 Å². The SMILES string of the molecule is CC(=O)NCCc1cn(-c2ccc3c4c(cccc24)CC3)cn1. The zero-order valence-corrected chi connectivity index (χ0v) is 13.2. The van der Waals surface area contributed by atoms with Gasteiger partial charge in [0.1, 0.15) is 0 Å². The molecule has 0 saturated carbocycles. The van der Waals surface area contributed by atoms with Gasteiger partial charge in [-0.2, -0.15) is 0 Å². The molecule has 0 aliphatic heterocycles. The molecule has 0 atom stereocenters. The average Bonchev–Trinajstić information content (AvgIpc) is 3.16. The number of nitrogens with one attached hydrogen (secondary N) is 1. The largest absolute Gasteiger partial charge is 0.356 e. The van der Waals surface area contributed by atoms with E-state index >= 15 is 0 Å². The van der Waals surface area contributed by atoms with Crippen molar-refractivity contribution in [1.29, 1.82) is 0 Å². The molecule has 1 aliphatic rings. The van der Waals surface area contributed by atoms with E-state index in [-0.39, 0.29) is 5.91 Å². The number of hydrogen-bond acceptors (Lipinski definition) is 2. The first-order chi connectivity index (χ1) is 11.2. The average molecular weight is 305 g/mol.